The minimum absolute atomic E-state index is 0.198. The van der Waals surface area contributed by atoms with Crippen molar-refractivity contribution in [1.29, 1.82) is 0 Å². The van der Waals surface area contributed by atoms with Crippen LogP contribution in [0.2, 0.25) is 0 Å². The van der Waals surface area contributed by atoms with Crippen molar-refractivity contribution in [2.24, 2.45) is 5.92 Å². The molecule has 0 unspecified atom stereocenters. The lowest BCUT2D eigenvalue weighted by Gasteiger charge is -2.10. The van der Waals surface area contributed by atoms with Gasteiger partial charge in [-0.1, -0.05) is 56.3 Å². The topological polar surface area (TPSA) is 89.3 Å². The SMILES string of the molecule is COc1ccc(NC(=O)c2ccc(-c3oc4ncnc(NCC(C)C)c4c3-c3ccccc3)cc2)cc1. The van der Waals surface area contributed by atoms with E-state index in [0.29, 0.717) is 28.6 Å². The van der Waals surface area contributed by atoms with Crippen molar-refractivity contribution in [3.8, 4) is 28.2 Å². The van der Waals surface area contributed by atoms with E-state index in [9.17, 15) is 4.79 Å². The van der Waals surface area contributed by atoms with Gasteiger partial charge in [-0.15, -0.1) is 0 Å². The first-order valence-electron chi connectivity index (χ1n) is 12.2. The summed E-state index contributed by atoms with van der Waals surface area (Å²) >= 11 is 0. The molecule has 0 radical (unpaired) electrons. The molecule has 2 N–H and O–H groups in total. The largest absolute Gasteiger partial charge is 0.497 e. The Hall–Kier alpha value is -4.65. The van der Waals surface area contributed by atoms with Crippen LogP contribution in [0.5, 0.6) is 5.75 Å². The number of methoxy groups -OCH3 is 1. The third-order valence-electron chi connectivity index (χ3n) is 5.99. The van der Waals surface area contributed by atoms with E-state index in [0.717, 1.165) is 40.2 Å². The van der Waals surface area contributed by atoms with Gasteiger partial charge < -0.3 is 19.8 Å². The fourth-order valence-corrected chi connectivity index (χ4v) is 4.10. The van der Waals surface area contributed by atoms with E-state index in [1.54, 1.807) is 43.5 Å². The second kappa shape index (κ2) is 10.5. The zero-order valence-corrected chi connectivity index (χ0v) is 21.0. The first-order valence-corrected chi connectivity index (χ1v) is 12.2. The minimum Gasteiger partial charge on any atom is -0.497 e. The third-order valence-corrected chi connectivity index (χ3v) is 5.99. The number of carbonyl (C=O) groups excluding carboxylic acids is 1. The lowest BCUT2D eigenvalue weighted by molar-refractivity contribution is 0.102. The van der Waals surface area contributed by atoms with Gasteiger partial charge in [-0.2, -0.15) is 0 Å². The minimum atomic E-state index is -0.198. The summed E-state index contributed by atoms with van der Waals surface area (Å²) in [5.41, 5.74) is 4.50. The number of carbonyl (C=O) groups is 1. The Balaban J connectivity index is 1.51. The molecule has 1 amide bonds. The van der Waals surface area contributed by atoms with Gasteiger partial charge in [-0.25, -0.2) is 9.97 Å². The quantitative estimate of drug-likeness (QED) is 0.245. The van der Waals surface area contributed by atoms with E-state index in [4.69, 9.17) is 9.15 Å². The number of rotatable bonds is 8. The highest BCUT2D eigenvalue weighted by Gasteiger charge is 2.22. The van der Waals surface area contributed by atoms with Gasteiger partial charge in [-0.05, 0) is 47.9 Å². The Morgan fingerprint density at radius 2 is 1.65 bits per heavy atom. The van der Waals surface area contributed by atoms with Gasteiger partial charge in [0.25, 0.3) is 5.91 Å². The van der Waals surface area contributed by atoms with Crippen molar-refractivity contribution in [2.45, 2.75) is 13.8 Å². The molecule has 0 fully saturated rings. The molecule has 0 saturated heterocycles. The summed E-state index contributed by atoms with van der Waals surface area (Å²) in [4.78, 5) is 21.8. The van der Waals surface area contributed by atoms with Crippen molar-refractivity contribution >= 4 is 28.5 Å². The molecule has 5 rings (SSSR count). The molecular formula is C30H28N4O3. The second-order valence-corrected chi connectivity index (χ2v) is 9.11. The summed E-state index contributed by atoms with van der Waals surface area (Å²) in [5.74, 6) is 2.40. The van der Waals surface area contributed by atoms with Crippen LogP contribution in [0.4, 0.5) is 11.5 Å². The van der Waals surface area contributed by atoms with Crippen LogP contribution in [0, 0.1) is 5.92 Å². The molecule has 0 aliphatic rings. The molecule has 186 valence electrons. The first-order chi connectivity index (χ1) is 18.0. The van der Waals surface area contributed by atoms with E-state index in [1.807, 2.05) is 42.5 Å². The highest BCUT2D eigenvalue weighted by atomic mass is 16.5. The molecule has 2 heterocycles. The fourth-order valence-electron chi connectivity index (χ4n) is 4.10. The Morgan fingerprint density at radius 3 is 2.32 bits per heavy atom. The number of furan rings is 1. The summed E-state index contributed by atoms with van der Waals surface area (Å²) < 4.78 is 11.5. The molecule has 0 aliphatic carbocycles. The summed E-state index contributed by atoms with van der Waals surface area (Å²) in [6, 6.07) is 24.6. The van der Waals surface area contributed by atoms with Gasteiger partial charge in [0.1, 0.15) is 23.7 Å². The van der Waals surface area contributed by atoms with Crippen LogP contribution >= 0.6 is 0 Å². The summed E-state index contributed by atoms with van der Waals surface area (Å²) in [7, 11) is 1.61. The van der Waals surface area contributed by atoms with Crippen molar-refractivity contribution < 1.29 is 13.9 Å². The second-order valence-electron chi connectivity index (χ2n) is 9.11. The number of nitrogens with zero attached hydrogens (tertiary/aromatic N) is 2. The molecule has 0 atom stereocenters. The van der Waals surface area contributed by atoms with Gasteiger partial charge in [0.2, 0.25) is 5.71 Å². The lowest BCUT2D eigenvalue weighted by Crippen LogP contribution is -2.11. The van der Waals surface area contributed by atoms with Crippen molar-refractivity contribution in [3.63, 3.8) is 0 Å². The van der Waals surface area contributed by atoms with Crippen LogP contribution in [0.3, 0.4) is 0 Å². The molecule has 0 bridgehead atoms. The average molecular weight is 493 g/mol. The third kappa shape index (κ3) is 5.16. The van der Waals surface area contributed by atoms with Gasteiger partial charge in [0.05, 0.1) is 12.5 Å². The molecule has 3 aromatic carbocycles. The zero-order chi connectivity index (χ0) is 25.8. The van der Waals surface area contributed by atoms with Gasteiger partial charge >= 0.3 is 0 Å². The first kappa shape index (κ1) is 24.1. The Bertz CT molecular complexity index is 1510. The molecule has 0 saturated carbocycles. The maximum atomic E-state index is 12.8. The van der Waals surface area contributed by atoms with Crippen LogP contribution in [-0.4, -0.2) is 29.5 Å². The summed E-state index contributed by atoms with van der Waals surface area (Å²) in [5, 5.41) is 7.20. The molecule has 37 heavy (non-hydrogen) atoms. The lowest BCUT2D eigenvalue weighted by atomic mass is 9.98. The van der Waals surface area contributed by atoms with Crippen molar-refractivity contribution in [2.75, 3.05) is 24.3 Å². The van der Waals surface area contributed by atoms with Crippen LogP contribution < -0.4 is 15.4 Å². The number of hydrogen-bond acceptors (Lipinski definition) is 6. The van der Waals surface area contributed by atoms with Gasteiger partial charge in [0, 0.05) is 28.9 Å². The zero-order valence-electron chi connectivity index (χ0n) is 21.0. The average Bonchev–Trinajstić information content (AvgIpc) is 3.33. The predicted molar refractivity (Wildman–Crippen MR) is 147 cm³/mol. The molecule has 7 nitrogen and oxygen atoms in total. The van der Waals surface area contributed by atoms with Crippen LogP contribution in [-0.2, 0) is 0 Å². The molecule has 5 aromatic rings. The van der Waals surface area contributed by atoms with E-state index < -0.39 is 0 Å². The molecular weight excluding hydrogens is 464 g/mol. The molecule has 7 heteroatoms. The standard InChI is InChI=1S/C30H28N4O3/c1-19(2)17-31-28-26-25(20-7-5-4-6-8-20)27(37-30(26)33-18-32-28)21-9-11-22(12-10-21)29(35)34-23-13-15-24(36-3)16-14-23/h4-16,18-19H,17H2,1-3H3,(H,34,35)(H,31,32,33). The Morgan fingerprint density at radius 1 is 0.919 bits per heavy atom. The Labute approximate surface area is 215 Å². The monoisotopic (exact) mass is 492 g/mol. The number of fused-ring (bicyclic) bond motifs is 1. The number of ether oxygens (including phenoxy) is 1. The number of amides is 1. The van der Waals surface area contributed by atoms with Crippen molar-refractivity contribution in [3.05, 3.63) is 90.8 Å². The summed E-state index contributed by atoms with van der Waals surface area (Å²) in [6.45, 7) is 5.08. The fraction of sp³-hybridized carbons (Fsp3) is 0.167. The smallest absolute Gasteiger partial charge is 0.255 e. The molecule has 0 aliphatic heterocycles. The van der Waals surface area contributed by atoms with Crippen LogP contribution in [0.25, 0.3) is 33.6 Å². The molecule has 0 spiro atoms. The Kier molecular flexibility index (Phi) is 6.85. The van der Waals surface area contributed by atoms with E-state index in [1.165, 1.54) is 6.33 Å². The highest BCUT2D eigenvalue weighted by Crippen LogP contribution is 2.42. The number of anilines is 2. The van der Waals surface area contributed by atoms with E-state index in [-0.39, 0.29) is 5.91 Å². The maximum absolute atomic E-state index is 12.8. The number of nitrogens with one attached hydrogen (secondary N) is 2. The molecule has 2 aromatic heterocycles. The van der Waals surface area contributed by atoms with E-state index in [2.05, 4.69) is 34.4 Å². The van der Waals surface area contributed by atoms with Gasteiger partial charge in [-0.3, -0.25) is 4.79 Å². The predicted octanol–water partition coefficient (Wildman–Crippen LogP) is 6.89. The highest BCUT2D eigenvalue weighted by molar-refractivity contribution is 6.07. The maximum Gasteiger partial charge on any atom is 0.255 e. The van der Waals surface area contributed by atoms with Crippen molar-refractivity contribution in [1.82, 2.24) is 9.97 Å². The normalized spacial score (nSPS) is 11.0. The summed E-state index contributed by atoms with van der Waals surface area (Å²) in [6.07, 6.45) is 1.51. The van der Waals surface area contributed by atoms with Crippen LogP contribution in [0.15, 0.2) is 89.6 Å². The number of benzene rings is 3. The van der Waals surface area contributed by atoms with Gasteiger partial charge in [0.15, 0.2) is 0 Å². The van der Waals surface area contributed by atoms with Crippen LogP contribution in [0.1, 0.15) is 24.2 Å². The van der Waals surface area contributed by atoms with E-state index >= 15 is 0 Å². The number of hydrogen-bond donors (Lipinski definition) is 2. The number of aromatic nitrogens is 2.